The molecular weight excluding hydrogens is 362 g/mol. The fourth-order valence-corrected chi connectivity index (χ4v) is 3.40. The molecule has 10 heteroatoms. The molecule has 26 heavy (non-hydrogen) atoms. The first kappa shape index (κ1) is 18.0. The van der Waals surface area contributed by atoms with Crippen molar-refractivity contribution in [2.24, 2.45) is 0 Å². The molecule has 3 rings (SSSR count). The van der Waals surface area contributed by atoms with Gasteiger partial charge in [0, 0.05) is 19.9 Å². The van der Waals surface area contributed by atoms with Gasteiger partial charge in [-0.15, -0.1) is 0 Å². The van der Waals surface area contributed by atoms with E-state index in [1.807, 2.05) is 16.8 Å². The highest BCUT2D eigenvalue weighted by Crippen LogP contribution is 2.22. The van der Waals surface area contributed by atoms with Crippen LogP contribution in [0.5, 0.6) is 5.75 Å². The maximum atomic E-state index is 12.7. The highest BCUT2D eigenvalue weighted by Gasteiger charge is 2.34. The Morgan fingerprint density at radius 1 is 1.38 bits per heavy atom. The van der Waals surface area contributed by atoms with Gasteiger partial charge in [-0.3, -0.25) is 19.3 Å². The summed E-state index contributed by atoms with van der Waals surface area (Å²) in [6.45, 7) is 1.08. The number of fused-ring (bicyclic) bond motifs is 1. The van der Waals surface area contributed by atoms with Crippen LogP contribution in [0.4, 0.5) is 0 Å². The number of hydrogen-bond donors (Lipinski definition) is 2. The molecule has 0 spiro atoms. The van der Waals surface area contributed by atoms with Gasteiger partial charge in [0.2, 0.25) is 5.43 Å². The van der Waals surface area contributed by atoms with Crippen LogP contribution in [-0.2, 0) is 11.3 Å². The lowest BCUT2D eigenvalue weighted by molar-refractivity contribution is 0.0613. The van der Waals surface area contributed by atoms with E-state index >= 15 is 0 Å². The highest BCUT2D eigenvalue weighted by atomic mass is 32.1. The number of carbonyl (C=O) groups is 2. The zero-order chi connectivity index (χ0) is 18.8. The number of carboxylic acid groups (broad SMARTS) is 1. The van der Waals surface area contributed by atoms with Crippen LogP contribution in [0.15, 0.2) is 27.8 Å². The first-order valence-corrected chi connectivity index (χ1v) is 8.64. The lowest BCUT2D eigenvalue weighted by atomic mass is 10.2. The molecule has 1 aliphatic rings. The topological polar surface area (TPSA) is 112 Å². The quantitative estimate of drug-likeness (QED) is 0.752. The van der Waals surface area contributed by atoms with Gasteiger partial charge in [-0.05, 0) is 22.4 Å². The Morgan fingerprint density at radius 2 is 2.15 bits per heavy atom. The van der Waals surface area contributed by atoms with Crippen LogP contribution in [0, 0.1) is 0 Å². The summed E-state index contributed by atoms with van der Waals surface area (Å²) in [5, 5.41) is 25.0. The van der Waals surface area contributed by atoms with Crippen LogP contribution >= 0.6 is 11.3 Å². The number of amides is 1. The Hall–Kier alpha value is -2.85. The Morgan fingerprint density at radius 3 is 2.77 bits per heavy atom. The number of nitrogens with zero attached hydrogens (tertiary/aromatic N) is 3. The number of pyridine rings is 1. The number of thiophene rings is 1. The van der Waals surface area contributed by atoms with E-state index in [-0.39, 0.29) is 25.5 Å². The molecule has 2 aromatic rings. The van der Waals surface area contributed by atoms with Crippen LogP contribution in [0.3, 0.4) is 0 Å². The Kier molecular flexibility index (Phi) is 4.96. The zero-order valence-corrected chi connectivity index (χ0v) is 14.7. The predicted molar refractivity (Wildman–Crippen MR) is 93.3 cm³/mol. The van der Waals surface area contributed by atoms with Gasteiger partial charge in [-0.25, -0.2) is 4.79 Å². The third-order valence-corrected chi connectivity index (χ3v) is 4.77. The van der Waals surface area contributed by atoms with Gasteiger partial charge in [-0.1, -0.05) is 0 Å². The first-order chi connectivity index (χ1) is 12.4. The van der Waals surface area contributed by atoms with Crippen molar-refractivity contribution in [1.82, 2.24) is 9.58 Å². The molecule has 1 aliphatic heterocycles. The largest absolute Gasteiger partial charge is 0.502 e. The number of rotatable bonds is 6. The van der Waals surface area contributed by atoms with Crippen molar-refractivity contribution in [2.45, 2.75) is 6.54 Å². The number of aromatic nitrogens is 1. The van der Waals surface area contributed by atoms with Crippen molar-refractivity contribution in [1.29, 1.82) is 0 Å². The number of hydrogen-bond acceptors (Lipinski definition) is 7. The van der Waals surface area contributed by atoms with E-state index in [2.05, 4.69) is 0 Å². The van der Waals surface area contributed by atoms with Crippen molar-refractivity contribution in [3.8, 4) is 5.75 Å². The second kappa shape index (κ2) is 7.18. The van der Waals surface area contributed by atoms with E-state index in [0.717, 1.165) is 11.8 Å². The van der Waals surface area contributed by atoms with Crippen LogP contribution in [-0.4, -0.2) is 58.6 Å². The Labute approximate surface area is 152 Å². The smallest absolute Gasteiger partial charge is 0.341 e. The molecule has 0 saturated carbocycles. The predicted octanol–water partition coefficient (Wildman–Crippen LogP) is 0.512. The fourth-order valence-electron chi connectivity index (χ4n) is 2.74. The van der Waals surface area contributed by atoms with Crippen molar-refractivity contribution < 1.29 is 24.5 Å². The molecule has 9 nitrogen and oxygen atoms in total. The summed E-state index contributed by atoms with van der Waals surface area (Å²) < 4.78 is 6.26. The fraction of sp³-hybridized carbons (Fsp3) is 0.312. The maximum absolute atomic E-state index is 12.7. The highest BCUT2D eigenvalue weighted by molar-refractivity contribution is 7.07. The number of methoxy groups -OCH3 is 1. The molecular formula is C16H17N3O6S. The third kappa shape index (κ3) is 3.16. The molecule has 138 valence electrons. The molecule has 2 aromatic heterocycles. The van der Waals surface area contributed by atoms with Crippen molar-refractivity contribution in [2.75, 3.05) is 31.9 Å². The average molecular weight is 379 g/mol. The van der Waals surface area contributed by atoms with Gasteiger partial charge in [0.1, 0.15) is 12.2 Å². The second-order valence-electron chi connectivity index (χ2n) is 5.72. The molecule has 0 atom stereocenters. The molecule has 0 saturated heterocycles. The van der Waals surface area contributed by atoms with E-state index < -0.39 is 28.6 Å². The molecule has 0 aliphatic carbocycles. The Bertz CT molecular complexity index is 892. The minimum Gasteiger partial charge on any atom is -0.502 e. The normalized spacial score (nSPS) is 13.8. The van der Waals surface area contributed by atoms with Gasteiger partial charge in [0.25, 0.3) is 5.91 Å². The molecule has 0 radical (unpaired) electrons. The number of ether oxygens (including phenoxy) is 1. The summed E-state index contributed by atoms with van der Waals surface area (Å²) in [5.74, 6) is -2.90. The molecule has 0 fully saturated rings. The van der Waals surface area contributed by atoms with Gasteiger partial charge < -0.3 is 19.8 Å². The average Bonchev–Trinajstić information content (AvgIpc) is 3.11. The lowest BCUT2D eigenvalue weighted by Crippen LogP contribution is -2.54. The lowest BCUT2D eigenvalue weighted by Gasteiger charge is -2.39. The van der Waals surface area contributed by atoms with E-state index in [1.54, 1.807) is 5.01 Å². The van der Waals surface area contributed by atoms with Crippen molar-refractivity contribution in [3.63, 3.8) is 0 Å². The van der Waals surface area contributed by atoms with Gasteiger partial charge >= 0.3 is 5.97 Å². The van der Waals surface area contributed by atoms with Gasteiger partial charge in [0.15, 0.2) is 11.4 Å². The molecule has 0 unspecified atom stereocenters. The molecule has 3 heterocycles. The minimum absolute atomic E-state index is 0.159. The SMILES string of the molecule is COCCN1CN(Cc2ccsc2)n2cc(C(=O)O)c(=O)c(O)c2C1=O. The number of carbonyl (C=O) groups excluding carboxylic acids is 1. The molecule has 1 amide bonds. The van der Waals surface area contributed by atoms with E-state index in [0.29, 0.717) is 6.54 Å². The third-order valence-electron chi connectivity index (χ3n) is 4.03. The summed E-state index contributed by atoms with van der Waals surface area (Å²) in [7, 11) is 1.51. The van der Waals surface area contributed by atoms with E-state index in [4.69, 9.17) is 4.74 Å². The van der Waals surface area contributed by atoms with Crippen LogP contribution in [0.25, 0.3) is 0 Å². The summed E-state index contributed by atoms with van der Waals surface area (Å²) in [6.07, 6.45) is 1.08. The van der Waals surface area contributed by atoms with E-state index in [9.17, 15) is 24.6 Å². The minimum atomic E-state index is -1.47. The molecule has 2 N–H and O–H groups in total. The van der Waals surface area contributed by atoms with Crippen LogP contribution in [0.2, 0.25) is 0 Å². The summed E-state index contributed by atoms with van der Waals surface area (Å²) >= 11 is 1.51. The number of aromatic carboxylic acids is 1. The summed E-state index contributed by atoms with van der Waals surface area (Å²) in [6, 6.07) is 1.90. The van der Waals surface area contributed by atoms with Crippen LogP contribution in [0.1, 0.15) is 26.4 Å². The van der Waals surface area contributed by atoms with Gasteiger partial charge in [0.05, 0.1) is 13.2 Å². The molecule has 0 aromatic carbocycles. The van der Waals surface area contributed by atoms with E-state index in [1.165, 1.54) is 28.0 Å². The summed E-state index contributed by atoms with van der Waals surface area (Å²) in [4.78, 5) is 37.6. The Balaban J connectivity index is 2.11. The zero-order valence-electron chi connectivity index (χ0n) is 13.9. The molecule has 0 bridgehead atoms. The first-order valence-electron chi connectivity index (χ1n) is 7.70. The summed E-state index contributed by atoms with van der Waals surface area (Å²) in [5.41, 5.74) is -0.976. The number of aromatic hydroxyl groups is 1. The monoisotopic (exact) mass is 379 g/mol. The second-order valence-corrected chi connectivity index (χ2v) is 6.50. The van der Waals surface area contributed by atoms with Crippen molar-refractivity contribution in [3.05, 3.63) is 50.1 Å². The van der Waals surface area contributed by atoms with Crippen LogP contribution < -0.4 is 10.4 Å². The van der Waals surface area contributed by atoms with Gasteiger partial charge in [-0.2, -0.15) is 11.3 Å². The standard InChI is InChI=1S/C16H17N3O6S/c1-25-4-3-17-9-18(6-10-2-5-26-8-10)19-7-11(16(23)24)13(20)14(21)12(19)15(17)22/h2,5,7-8,21H,3-4,6,9H2,1H3,(H,23,24). The van der Waals surface area contributed by atoms with Crippen molar-refractivity contribution >= 4 is 23.2 Å². The number of carboxylic acids is 1. The maximum Gasteiger partial charge on any atom is 0.341 e.